The lowest BCUT2D eigenvalue weighted by Crippen LogP contribution is -2.50. The number of nitrogens with one attached hydrogen (secondary N) is 1. The molecule has 2 atom stereocenters. The Morgan fingerprint density at radius 3 is 2.33 bits per heavy atom. The molecule has 0 aromatic heterocycles. The molecule has 0 aliphatic heterocycles. The molecule has 0 fully saturated rings. The van der Waals surface area contributed by atoms with Gasteiger partial charge >= 0.3 is 6.18 Å². The van der Waals surface area contributed by atoms with Crippen molar-refractivity contribution in [3.05, 3.63) is 0 Å². The average molecular weight is 269 g/mol. The largest absolute Gasteiger partial charge is 0.409 e. The second-order valence-electron chi connectivity index (χ2n) is 4.36. The van der Waals surface area contributed by atoms with Gasteiger partial charge in [-0.15, -0.1) is 0 Å². The molecule has 106 valence electrons. The zero-order valence-electron chi connectivity index (χ0n) is 10.5. The number of rotatable bonds is 5. The highest BCUT2D eigenvalue weighted by molar-refractivity contribution is 6.06. The summed E-state index contributed by atoms with van der Waals surface area (Å²) in [7, 11) is 0. The average Bonchev–Trinajstić information content (AvgIpc) is 2.23. The predicted molar refractivity (Wildman–Crippen MR) is 60.1 cm³/mol. The number of amides is 1. The summed E-state index contributed by atoms with van der Waals surface area (Å²) in [5, 5.41) is 13.5. The molecule has 5 nitrogen and oxygen atoms in total. The molecule has 18 heavy (non-hydrogen) atoms. The Morgan fingerprint density at radius 2 is 2.00 bits per heavy atom. The second-order valence-corrected chi connectivity index (χ2v) is 4.36. The van der Waals surface area contributed by atoms with E-state index in [4.69, 9.17) is 10.9 Å². The Kier molecular flexibility index (Phi) is 5.44. The van der Waals surface area contributed by atoms with Gasteiger partial charge < -0.3 is 16.3 Å². The third kappa shape index (κ3) is 4.42. The van der Waals surface area contributed by atoms with Crippen LogP contribution < -0.4 is 11.1 Å². The summed E-state index contributed by atoms with van der Waals surface area (Å²) in [6.45, 7) is 4.26. The van der Waals surface area contributed by atoms with Crippen LogP contribution in [-0.4, -0.2) is 29.2 Å². The fourth-order valence-electron chi connectivity index (χ4n) is 1.35. The normalized spacial score (nSPS) is 18.0. The van der Waals surface area contributed by atoms with Crippen LogP contribution in [0.25, 0.3) is 0 Å². The van der Waals surface area contributed by atoms with Crippen LogP contribution in [0.4, 0.5) is 13.2 Å². The molecule has 0 aromatic rings. The van der Waals surface area contributed by atoms with Gasteiger partial charge in [-0.25, -0.2) is 0 Å². The van der Waals surface area contributed by atoms with E-state index < -0.39 is 30.0 Å². The molecule has 0 heterocycles. The number of amidine groups is 1. The molecular weight excluding hydrogens is 251 g/mol. The Morgan fingerprint density at radius 1 is 1.50 bits per heavy atom. The minimum atomic E-state index is -4.36. The molecule has 8 heteroatoms. The molecule has 0 saturated heterocycles. The van der Waals surface area contributed by atoms with E-state index in [1.165, 1.54) is 13.8 Å². The fraction of sp³-hybridized carbons (Fsp3) is 0.800. The monoisotopic (exact) mass is 269 g/mol. The van der Waals surface area contributed by atoms with Crippen molar-refractivity contribution in [2.75, 3.05) is 0 Å². The summed E-state index contributed by atoms with van der Waals surface area (Å²) < 4.78 is 36.4. The second kappa shape index (κ2) is 5.92. The molecule has 2 unspecified atom stereocenters. The van der Waals surface area contributed by atoms with E-state index in [2.05, 4.69) is 10.5 Å². The number of alkyl halides is 3. The SMILES string of the molecule is CCC(C)(C(=O)NC(C)CC(F)(F)F)C(N)=NO. The summed E-state index contributed by atoms with van der Waals surface area (Å²) in [6, 6.07) is -1.07. The van der Waals surface area contributed by atoms with E-state index in [0.717, 1.165) is 0 Å². The maximum Gasteiger partial charge on any atom is 0.391 e. The molecule has 0 rings (SSSR count). The van der Waals surface area contributed by atoms with E-state index in [1.807, 2.05) is 0 Å². The number of nitrogens with zero attached hydrogens (tertiary/aromatic N) is 1. The van der Waals surface area contributed by atoms with Gasteiger partial charge in [-0.05, 0) is 20.3 Å². The van der Waals surface area contributed by atoms with Crippen molar-refractivity contribution in [1.29, 1.82) is 0 Å². The summed E-state index contributed by atoms with van der Waals surface area (Å²) in [5.41, 5.74) is 4.06. The van der Waals surface area contributed by atoms with Crippen LogP contribution in [0.3, 0.4) is 0 Å². The highest BCUT2D eigenvalue weighted by Gasteiger charge is 2.38. The molecular formula is C10H18F3N3O2. The number of carbonyl (C=O) groups excluding carboxylic acids is 1. The summed E-state index contributed by atoms with van der Waals surface area (Å²) >= 11 is 0. The van der Waals surface area contributed by atoms with Crippen molar-refractivity contribution in [2.45, 2.75) is 45.8 Å². The van der Waals surface area contributed by atoms with Gasteiger partial charge in [0.1, 0.15) is 5.41 Å². The van der Waals surface area contributed by atoms with Gasteiger partial charge in [-0.1, -0.05) is 12.1 Å². The molecule has 0 bridgehead atoms. The molecule has 0 aromatic carbocycles. The number of hydrogen-bond donors (Lipinski definition) is 3. The third-order valence-corrected chi connectivity index (χ3v) is 2.80. The van der Waals surface area contributed by atoms with E-state index >= 15 is 0 Å². The van der Waals surface area contributed by atoms with Crippen LogP contribution in [0, 0.1) is 5.41 Å². The lowest BCUT2D eigenvalue weighted by atomic mass is 9.85. The smallest absolute Gasteiger partial charge is 0.391 e. The lowest BCUT2D eigenvalue weighted by Gasteiger charge is -2.27. The molecule has 0 aliphatic carbocycles. The molecule has 0 saturated carbocycles. The zero-order chi connectivity index (χ0) is 14.6. The number of hydrogen-bond acceptors (Lipinski definition) is 3. The fourth-order valence-corrected chi connectivity index (χ4v) is 1.35. The van der Waals surface area contributed by atoms with E-state index in [0.29, 0.717) is 0 Å². The van der Waals surface area contributed by atoms with E-state index in [1.54, 1.807) is 6.92 Å². The van der Waals surface area contributed by atoms with Crippen LogP contribution in [0.1, 0.15) is 33.6 Å². The van der Waals surface area contributed by atoms with Crippen LogP contribution in [0.15, 0.2) is 5.16 Å². The first-order valence-electron chi connectivity index (χ1n) is 5.42. The van der Waals surface area contributed by atoms with Gasteiger partial charge in [0.05, 0.1) is 6.42 Å². The van der Waals surface area contributed by atoms with Crippen LogP contribution in [-0.2, 0) is 4.79 Å². The molecule has 1 amide bonds. The van der Waals surface area contributed by atoms with Gasteiger partial charge in [-0.2, -0.15) is 13.2 Å². The number of carbonyl (C=O) groups is 1. The summed E-state index contributed by atoms with van der Waals surface area (Å²) in [4.78, 5) is 11.8. The van der Waals surface area contributed by atoms with Gasteiger partial charge in [0, 0.05) is 6.04 Å². The maximum atomic E-state index is 12.1. The molecule has 0 spiro atoms. The van der Waals surface area contributed by atoms with E-state index in [9.17, 15) is 18.0 Å². The zero-order valence-corrected chi connectivity index (χ0v) is 10.5. The highest BCUT2D eigenvalue weighted by atomic mass is 19.4. The van der Waals surface area contributed by atoms with E-state index in [-0.39, 0.29) is 12.3 Å². The van der Waals surface area contributed by atoms with Gasteiger partial charge in [0.2, 0.25) is 5.91 Å². The predicted octanol–water partition coefficient (Wildman–Crippen LogP) is 1.61. The molecule has 0 aliphatic rings. The van der Waals surface area contributed by atoms with Crippen molar-refractivity contribution < 1.29 is 23.2 Å². The molecule has 4 N–H and O–H groups in total. The summed E-state index contributed by atoms with van der Waals surface area (Å²) in [6.07, 6.45) is -5.28. The van der Waals surface area contributed by atoms with Gasteiger partial charge in [0.25, 0.3) is 0 Å². The van der Waals surface area contributed by atoms with Crippen molar-refractivity contribution >= 4 is 11.7 Å². The Hall–Kier alpha value is -1.47. The van der Waals surface area contributed by atoms with Gasteiger partial charge in [0.15, 0.2) is 5.84 Å². The standard InChI is InChI=1S/C10H18F3N3O2/c1-4-9(3,7(14)16-18)8(17)15-6(2)5-10(11,12)13/h6,18H,4-5H2,1-3H3,(H2,14,16)(H,15,17). The first-order chi connectivity index (χ1) is 8.06. The first kappa shape index (κ1) is 16.5. The number of oxime groups is 1. The first-order valence-corrected chi connectivity index (χ1v) is 5.42. The summed E-state index contributed by atoms with van der Waals surface area (Å²) in [5.74, 6) is -1.03. The number of nitrogens with two attached hydrogens (primary N) is 1. The Bertz CT molecular complexity index is 331. The maximum absolute atomic E-state index is 12.1. The van der Waals surface area contributed by atoms with Crippen molar-refractivity contribution in [3.8, 4) is 0 Å². The van der Waals surface area contributed by atoms with Crippen molar-refractivity contribution in [2.24, 2.45) is 16.3 Å². The van der Waals surface area contributed by atoms with Crippen molar-refractivity contribution in [3.63, 3.8) is 0 Å². The Labute approximate surface area is 103 Å². The minimum absolute atomic E-state index is 0.202. The molecule has 0 radical (unpaired) electrons. The highest BCUT2D eigenvalue weighted by Crippen LogP contribution is 2.24. The third-order valence-electron chi connectivity index (χ3n) is 2.80. The van der Waals surface area contributed by atoms with Crippen LogP contribution >= 0.6 is 0 Å². The van der Waals surface area contributed by atoms with Crippen molar-refractivity contribution in [1.82, 2.24) is 5.32 Å². The minimum Gasteiger partial charge on any atom is -0.409 e. The van der Waals surface area contributed by atoms with Crippen LogP contribution in [0.5, 0.6) is 0 Å². The number of halogens is 3. The Balaban J connectivity index is 4.75. The van der Waals surface area contributed by atoms with Gasteiger partial charge in [-0.3, -0.25) is 4.79 Å². The topological polar surface area (TPSA) is 87.7 Å². The quantitative estimate of drug-likeness (QED) is 0.306. The lowest BCUT2D eigenvalue weighted by molar-refractivity contribution is -0.142. The van der Waals surface area contributed by atoms with Crippen LogP contribution in [0.2, 0.25) is 0 Å².